The summed E-state index contributed by atoms with van der Waals surface area (Å²) in [7, 11) is 1.75. The van der Waals surface area contributed by atoms with Crippen molar-refractivity contribution in [3.63, 3.8) is 0 Å². The number of aromatic nitrogens is 3. The van der Waals surface area contributed by atoms with Gasteiger partial charge >= 0.3 is 6.18 Å². The van der Waals surface area contributed by atoms with Crippen LogP contribution in [0.3, 0.4) is 0 Å². The Labute approximate surface area is 130 Å². The molecule has 3 rings (SSSR count). The third kappa shape index (κ3) is 3.69. The van der Waals surface area contributed by atoms with E-state index in [1.54, 1.807) is 36.4 Å². The zero-order chi connectivity index (χ0) is 16.6. The molecule has 23 heavy (non-hydrogen) atoms. The first-order valence-corrected chi connectivity index (χ1v) is 7.15. The molecular formula is C15H15F3N4O. The molecule has 0 spiro atoms. The Bertz CT molecular complexity index is 722. The van der Waals surface area contributed by atoms with E-state index in [0.29, 0.717) is 18.4 Å². The second-order valence-corrected chi connectivity index (χ2v) is 5.64. The highest BCUT2D eigenvalue weighted by Gasteiger charge is 2.41. The lowest BCUT2D eigenvalue weighted by atomic mass is 10.1. The van der Waals surface area contributed by atoms with E-state index in [2.05, 4.69) is 10.1 Å². The molecule has 0 atom stereocenters. The van der Waals surface area contributed by atoms with Crippen molar-refractivity contribution in [1.82, 2.24) is 19.7 Å². The van der Waals surface area contributed by atoms with Crippen LogP contribution in [0.2, 0.25) is 0 Å². The Morgan fingerprint density at radius 1 is 1.30 bits per heavy atom. The molecule has 122 valence electrons. The van der Waals surface area contributed by atoms with E-state index in [4.69, 9.17) is 0 Å². The molecule has 2 aromatic rings. The molecule has 0 aromatic carbocycles. The molecule has 0 saturated heterocycles. The van der Waals surface area contributed by atoms with E-state index >= 15 is 0 Å². The molecule has 0 bridgehead atoms. The van der Waals surface area contributed by atoms with Crippen LogP contribution in [0.5, 0.6) is 0 Å². The molecule has 1 saturated carbocycles. The van der Waals surface area contributed by atoms with Crippen molar-refractivity contribution < 1.29 is 18.0 Å². The van der Waals surface area contributed by atoms with E-state index in [1.165, 1.54) is 6.20 Å². The molecule has 2 heterocycles. The van der Waals surface area contributed by atoms with Crippen molar-refractivity contribution in [2.75, 3.05) is 6.54 Å². The monoisotopic (exact) mass is 324 g/mol. The first-order valence-electron chi connectivity index (χ1n) is 7.15. The minimum absolute atomic E-state index is 0.155. The predicted molar refractivity (Wildman–Crippen MR) is 76.6 cm³/mol. The Morgan fingerprint density at radius 3 is 2.61 bits per heavy atom. The minimum atomic E-state index is -4.41. The van der Waals surface area contributed by atoms with Crippen molar-refractivity contribution in [1.29, 1.82) is 0 Å². The van der Waals surface area contributed by atoms with Gasteiger partial charge in [0.15, 0.2) is 0 Å². The van der Waals surface area contributed by atoms with Crippen LogP contribution in [-0.2, 0) is 7.05 Å². The van der Waals surface area contributed by atoms with Gasteiger partial charge in [-0.05, 0) is 18.9 Å². The number of halogens is 3. The normalized spacial score (nSPS) is 14.8. The van der Waals surface area contributed by atoms with Crippen LogP contribution in [0.1, 0.15) is 23.2 Å². The summed E-state index contributed by atoms with van der Waals surface area (Å²) in [5, 5.41) is 4.03. The molecule has 0 radical (unpaired) electrons. The van der Waals surface area contributed by atoms with Crippen molar-refractivity contribution in [2.24, 2.45) is 7.05 Å². The maximum absolute atomic E-state index is 12.7. The Morgan fingerprint density at radius 2 is 2.04 bits per heavy atom. The third-order valence-corrected chi connectivity index (χ3v) is 3.62. The van der Waals surface area contributed by atoms with Gasteiger partial charge in [0, 0.05) is 42.8 Å². The van der Waals surface area contributed by atoms with Gasteiger partial charge in [-0.3, -0.25) is 14.5 Å². The summed E-state index contributed by atoms with van der Waals surface area (Å²) >= 11 is 0. The van der Waals surface area contributed by atoms with Gasteiger partial charge in [0.2, 0.25) is 0 Å². The number of carbonyl (C=O) groups is 1. The van der Waals surface area contributed by atoms with Gasteiger partial charge in [-0.2, -0.15) is 18.3 Å². The van der Waals surface area contributed by atoms with Crippen LogP contribution in [0.4, 0.5) is 13.2 Å². The molecule has 0 N–H and O–H groups in total. The second kappa shape index (κ2) is 5.68. The minimum Gasteiger partial charge on any atom is -0.327 e. The van der Waals surface area contributed by atoms with Gasteiger partial charge in [0.25, 0.3) is 5.91 Å². The molecule has 2 aromatic heterocycles. The highest BCUT2D eigenvalue weighted by Crippen LogP contribution is 2.31. The average Bonchev–Trinajstić information content (AvgIpc) is 3.24. The van der Waals surface area contributed by atoms with Crippen LogP contribution < -0.4 is 0 Å². The molecule has 0 aliphatic heterocycles. The number of rotatable bonds is 4. The van der Waals surface area contributed by atoms with Gasteiger partial charge in [-0.25, -0.2) is 0 Å². The van der Waals surface area contributed by atoms with E-state index in [0.717, 1.165) is 10.5 Å². The molecule has 8 heteroatoms. The van der Waals surface area contributed by atoms with E-state index in [1.807, 2.05) is 0 Å². The smallest absolute Gasteiger partial charge is 0.327 e. The van der Waals surface area contributed by atoms with Crippen molar-refractivity contribution in [3.8, 4) is 11.1 Å². The highest BCUT2D eigenvalue weighted by atomic mass is 19.4. The summed E-state index contributed by atoms with van der Waals surface area (Å²) in [6.45, 7) is -1.23. The summed E-state index contributed by atoms with van der Waals surface area (Å²) in [5.41, 5.74) is 1.55. The van der Waals surface area contributed by atoms with Gasteiger partial charge in [0.1, 0.15) is 6.54 Å². The number of alkyl halides is 3. The average molecular weight is 324 g/mol. The van der Waals surface area contributed by atoms with Gasteiger partial charge in [-0.15, -0.1) is 0 Å². The van der Waals surface area contributed by atoms with Crippen LogP contribution in [0.25, 0.3) is 11.1 Å². The van der Waals surface area contributed by atoms with Crippen molar-refractivity contribution >= 4 is 5.91 Å². The second-order valence-electron chi connectivity index (χ2n) is 5.64. The van der Waals surface area contributed by atoms with Crippen LogP contribution >= 0.6 is 0 Å². The molecule has 0 unspecified atom stereocenters. The summed E-state index contributed by atoms with van der Waals surface area (Å²) in [6, 6.07) is 1.23. The van der Waals surface area contributed by atoms with Gasteiger partial charge < -0.3 is 4.90 Å². The molecule has 1 aliphatic carbocycles. The number of carbonyl (C=O) groups excluding carboxylic acids is 1. The maximum atomic E-state index is 12.7. The Hall–Kier alpha value is -2.38. The summed E-state index contributed by atoms with van der Waals surface area (Å²) < 4.78 is 39.7. The highest BCUT2D eigenvalue weighted by molar-refractivity contribution is 5.95. The van der Waals surface area contributed by atoms with Gasteiger partial charge in [0.05, 0.1) is 11.8 Å². The lowest BCUT2D eigenvalue weighted by Crippen LogP contribution is -2.40. The fourth-order valence-corrected chi connectivity index (χ4v) is 2.40. The molecule has 1 amide bonds. The molecule has 5 nitrogen and oxygen atoms in total. The number of hydrogen-bond donors (Lipinski definition) is 0. The largest absolute Gasteiger partial charge is 0.406 e. The van der Waals surface area contributed by atoms with E-state index in [-0.39, 0.29) is 11.6 Å². The SMILES string of the molecule is Cn1cc(-c2cncc(C(=O)N(CC(F)(F)F)C3CC3)c2)cn1. The predicted octanol–water partition coefficient (Wildman–Crippen LogP) is 2.65. The first kappa shape index (κ1) is 15.5. The third-order valence-electron chi connectivity index (χ3n) is 3.62. The number of aryl methyl sites for hydroxylation is 1. The number of amides is 1. The van der Waals surface area contributed by atoms with Gasteiger partial charge in [-0.1, -0.05) is 0 Å². The number of nitrogens with zero attached hydrogens (tertiary/aromatic N) is 4. The fourth-order valence-electron chi connectivity index (χ4n) is 2.40. The summed E-state index contributed by atoms with van der Waals surface area (Å²) in [6.07, 6.45) is 3.02. The number of pyridine rings is 1. The lowest BCUT2D eigenvalue weighted by Gasteiger charge is -2.23. The Kier molecular flexibility index (Phi) is 3.83. The standard InChI is InChI=1S/C15H15F3N4O/c1-21-8-12(7-20-21)10-4-11(6-19-5-10)14(23)22(13-2-3-13)9-15(16,17)18/h4-8,13H,2-3,9H2,1H3. The lowest BCUT2D eigenvalue weighted by molar-refractivity contribution is -0.141. The summed E-state index contributed by atoms with van der Waals surface area (Å²) in [5.74, 6) is -0.636. The zero-order valence-corrected chi connectivity index (χ0v) is 12.4. The van der Waals surface area contributed by atoms with Crippen molar-refractivity contribution in [2.45, 2.75) is 25.1 Å². The van der Waals surface area contributed by atoms with Crippen LogP contribution in [0, 0.1) is 0 Å². The first-order chi connectivity index (χ1) is 10.8. The van der Waals surface area contributed by atoms with E-state index in [9.17, 15) is 18.0 Å². The maximum Gasteiger partial charge on any atom is 0.406 e. The van der Waals surface area contributed by atoms with Crippen LogP contribution in [0.15, 0.2) is 30.9 Å². The van der Waals surface area contributed by atoms with Crippen molar-refractivity contribution in [3.05, 3.63) is 36.4 Å². The quantitative estimate of drug-likeness (QED) is 0.869. The van der Waals surface area contributed by atoms with E-state index < -0.39 is 18.6 Å². The molecular weight excluding hydrogens is 309 g/mol. The summed E-state index contributed by atoms with van der Waals surface area (Å²) in [4.78, 5) is 17.3. The molecule has 1 aliphatic rings. The topological polar surface area (TPSA) is 51.0 Å². The Balaban J connectivity index is 1.86. The fraction of sp³-hybridized carbons (Fsp3) is 0.400. The van der Waals surface area contributed by atoms with Crippen LogP contribution in [-0.4, -0.2) is 44.3 Å². The number of hydrogen-bond acceptors (Lipinski definition) is 3. The molecule has 1 fully saturated rings. The zero-order valence-electron chi connectivity index (χ0n) is 12.4.